The van der Waals surface area contributed by atoms with E-state index in [-0.39, 0.29) is 0 Å². The molecule has 0 atom stereocenters. The summed E-state index contributed by atoms with van der Waals surface area (Å²) in [7, 11) is 0. The van der Waals surface area contributed by atoms with Crippen LogP contribution >= 0.6 is 11.3 Å². The van der Waals surface area contributed by atoms with Gasteiger partial charge in [0, 0.05) is 39.0 Å². The number of hydrogen-bond donors (Lipinski definition) is 0. The van der Waals surface area contributed by atoms with Crippen LogP contribution in [0.1, 0.15) is 0 Å². The number of nitrogens with zero attached hydrogens (tertiary/aromatic N) is 4. The van der Waals surface area contributed by atoms with Gasteiger partial charge in [-0.05, 0) is 71.4 Å². The predicted octanol–water partition coefficient (Wildman–Crippen LogP) is 10.7. The Labute approximate surface area is 262 Å². The van der Waals surface area contributed by atoms with Gasteiger partial charge in [-0.25, -0.2) is 9.97 Å². The van der Waals surface area contributed by atoms with Crippen LogP contribution in [0.25, 0.3) is 86.7 Å². The van der Waals surface area contributed by atoms with Crippen molar-refractivity contribution >= 4 is 75.9 Å². The summed E-state index contributed by atoms with van der Waals surface area (Å²) in [5.41, 5.74) is 7.90. The zero-order chi connectivity index (χ0) is 29.5. The molecule has 45 heavy (non-hydrogen) atoms. The molecule has 0 amide bonds. The summed E-state index contributed by atoms with van der Waals surface area (Å²) < 4.78 is 5.91. The molecule has 10 aromatic rings. The van der Waals surface area contributed by atoms with Crippen molar-refractivity contribution in [2.24, 2.45) is 0 Å². The molecule has 0 bridgehead atoms. The van der Waals surface area contributed by atoms with E-state index in [2.05, 4.69) is 143 Å². The highest BCUT2D eigenvalue weighted by molar-refractivity contribution is 7.21. The molecule has 0 aliphatic heterocycles. The first-order chi connectivity index (χ1) is 22.3. The van der Waals surface area contributed by atoms with Crippen LogP contribution < -0.4 is 0 Å². The Kier molecular flexibility index (Phi) is 5.12. The molecule has 0 unspecified atom stereocenters. The molecule has 0 radical (unpaired) electrons. The van der Waals surface area contributed by atoms with Gasteiger partial charge in [-0.1, -0.05) is 78.9 Å². The highest BCUT2D eigenvalue weighted by Gasteiger charge is 2.18. The molecule has 0 aliphatic rings. The van der Waals surface area contributed by atoms with Crippen molar-refractivity contribution in [3.05, 3.63) is 146 Å². The van der Waals surface area contributed by atoms with Crippen LogP contribution in [0.3, 0.4) is 0 Å². The Bertz CT molecular complexity index is 2730. The number of aromatic nitrogens is 4. The van der Waals surface area contributed by atoms with Crippen molar-refractivity contribution in [1.29, 1.82) is 0 Å². The van der Waals surface area contributed by atoms with E-state index in [1.54, 1.807) is 11.3 Å². The molecule has 10 rings (SSSR count). The van der Waals surface area contributed by atoms with E-state index in [0.717, 1.165) is 44.1 Å². The van der Waals surface area contributed by atoms with Gasteiger partial charge in [0.05, 0.1) is 32.3 Å². The van der Waals surface area contributed by atoms with E-state index in [1.807, 2.05) is 12.3 Å². The second kappa shape index (κ2) is 9.36. The molecule has 5 heteroatoms. The maximum Gasteiger partial charge on any atom is 0.137 e. The van der Waals surface area contributed by atoms with E-state index in [4.69, 9.17) is 9.97 Å². The van der Waals surface area contributed by atoms with Gasteiger partial charge in [0.2, 0.25) is 0 Å². The molecule has 0 N–H and O–H groups in total. The third kappa shape index (κ3) is 3.65. The molecule has 4 aromatic heterocycles. The summed E-state index contributed by atoms with van der Waals surface area (Å²) in [6.45, 7) is 0. The van der Waals surface area contributed by atoms with Crippen molar-refractivity contribution in [2.45, 2.75) is 0 Å². The lowest BCUT2D eigenvalue weighted by molar-refractivity contribution is 1.08. The standard InChI is InChI=1S/C40H24N4S/c1-2-10-26-22-36-32(21-25(26)9-1)31-18-16-27(40-42-33-12-4-6-14-38(33)45-40)23-35(31)43(36)28-17-19-30-29-11-3-5-13-34(29)44(37(30)24-28)39-15-7-8-20-41-39/h1-24H. The summed E-state index contributed by atoms with van der Waals surface area (Å²) in [5, 5.41) is 8.40. The van der Waals surface area contributed by atoms with Gasteiger partial charge in [0.25, 0.3) is 0 Å². The van der Waals surface area contributed by atoms with Gasteiger partial charge in [0.15, 0.2) is 0 Å². The van der Waals surface area contributed by atoms with E-state index >= 15 is 0 Å². The minimum absolute atomic E-state index is 0.909. The lowest BCUT2D eigenvalue weighted by atomic mass is 10.1. The van der Waals surface area contributed by atoms with Gasteiger partial charge < -0.3 is 4.57 Å². The zero-order valence-electron chi connectivity index (χ0n) is 24.1. The Balaban J connectivity index is 1.30. The van der Waals surface area contributed by atoms with E-state index < -0.39 is 0 Å². The molecule has 6 aromatic carbocycles. The maximum absolute atomic E-state index is 5.00. The minimum atomic E-state index is 0.909. The first-order valence-corrected chi connectivity index (χ1v) is 15.9. The molecule has 0 saturated heterocycles. The third-order valence-electron chi connectivity index (χ3n) is 8.97. The quantitative estimate of drug-likeness (QED) is 0.205. The summed E-state index contributed by atoms with van der Waals surface area (Å²) in [6.07, 6.45) is 1.86. The molecule has 0 saturated carbocycles. The molecule has 210 valence electrons. The molecule has 0 aliphatic carbocycles. The summed E-state index contributed by atoms with van der Waals surface area (Å²) in [5.74, 6) is 0.909. The van der Waals surface area contributed by atoms with Gasteiger partial charge in [-0.15, -0.1) is 11.3 Å². The monoisotopic (exact) mass is 592 g/mol. The number of thiazole rings is 1. The second-order valence-corrected chi connectivity index (χ2v) is 12.5. The molecule has 4 nitrogen and oxygen atoms in total. The molecule has 0 fully saturated rings. The molecular formula is C40H24N4S. The normalized spacial score (nSPS) is 12.0. The van der Waals surface area contributed by atoms with Crippen molar-refractivity contribution in [3.8, 4) is 22.1 Å². The fourth-order valence-electron chi connectivity index (χ4n) is 6.94. The van der Waals surface area contributed by atoms with Gasteiger partial charge >= 0.3 is 0 Å². The van der Waals surface area contributed by atoms with Gasteiger partial charge in [-0.2, -0.15) is 0 Å². The Morgan fingerprint density at radius 1 is 0.489 bits per heavy atom. The van der Waals surface area contributed by atoms with Gasteiger partial charge in [0.1, 0.15) is 10.8 Å². The molecule has 4 heterocycles. The molecule has 0 spiro atoms. The van der Waals surface area contributed by atoms with Crippen LogP contribution in [0.15, 0.2) is 146 Å². The minimum Gasteiger partial charge on any atom is -0.309 e. The fraction of sp³-hybridized carbons (Fsp3) is 0. The van der Waals surface area contributed by atoms with Crippen molar-refractivity contribution in [2.75, 3.05) is 0 Å². The zero-order valence-corrected chi connectivity index (χ0v) is 24.9. The Hall–Kier alpha value is -5.78. The van der Waals surface area contributed by atoms with Crippen molar-refractivity contribution in [3.63, 3.8) is 0 Å². The largest absolute Gasteiger partial charge is 0.309 e. The van der Waals surface area contributed by atoms with Gasteiger partial charge in [-0.3, -0.25) is 4.57 Å². The number of rotatable bonds is 3. The summed E-state index contributed by atoms with van der Waals surface area (Å²) in [4.78, 5) is 9.76. The number of hydrogen-bond acceptors (Lipinski definition) is 3. The second-order valence-electron chi connectivity index (χ2n) is 11.5. The smallest absolute Gasteiger partial charge is 0.137 e. The average molecular weight is 593 g/mol. The Morgan fingerprint density at radius 2 is 1.20 bits per heavy atom. The lowest BCUT2D eigenvalue weighted by Gasteiger charge is -2.11. The highest BCUT2D eigenvalue weighted by atomic mass is 32.1. The number of benzene rings is 6. The maximum atomic E-state index is 5.00. The van der Waals surface area contributed by atoms with Crippen LogP contribution in [-0.4, -0.2) is 19.1 Å². The fourth-order valence-corrected chi connectivity index (χ4v) is 7.90. The van der Waals surface area contributed by atoms with Crippen molar-refractivity contribution in [1.82, 2.24) is 19.1 Å². The van der Waals surface area contributed by atoms with Crippen LogP contribution in [0.4, 0.5) is 0 Å². The number of para-hydroxylation sites is 2. The summed E-state index contributed by atoms with van der Waals surface area (Å²) >= 11 is 1.74. The van der Waals surface area contributed by atoms with E-state index in [0.29, 0.717) is 0 Å². The highest BCUT2D eigenvalue weighted by Crippen LogP contribution is 2.40. The number of pyridine rings is 1. The first kappa shape index (κ1) is 24.6. The van der Waals surface area contributed by atoms with Crippen LogP contribution in [0.2, 0.25) is 0 Å². The third-order valence-corrected chi connectivity index (χ3v) is 10.1. The topological polar surface area (TPSA) is 35.6 Å². The SMILES string of the molecule is c1ccc(-n2c3ccccc3c3ccc(-n4c5cc(-c6nc7ccccc7s6)ccc5c5cc6ccccc6cc54)cc32)nc1. The average Bonchev–Trinajstić information content (AvgIpc) is 3.77. The summed E-state index contributed by atoms with van der Waals surface area (Å²) in [6, 6.07) is 50.0. The first-order valence-electron chi connectivity index (χ1n) is 15.1. The van der Waals surface area contributed by atoms with Crippen molar-refractivity contribution < 1.29 is 0 Å². The van der Waals surface area contributed by atoms with Crippen LogP contribution in [0, 0.1) is 0 Å². The van der Waals surface area contributed by atoms with E-state index in [9.17, 15) is 0 Å². The predicted molar refractivity (Wildman–Crippen MR) is 189 cm³/mol. The van der Waals surface area contributed by atoms with E-state index in [1.165, 1.54) is 42.5 Å². The molecular weight excluding hydrogens is 569 g/mol. The Morgan fingerprint density at radius 3 is 2.09 bits per heavy atom. The lowest BCUT2D eigenvalue weighted by Crippen LogP contribution is -1.98. The van der Waals surface area contributed by atoms with Crippen LogP contribution in [-0.2, 0) is 0 Å². The van der Waals surface area contributed by atoms with Crippen LogP contribution in [0.5, 0.6) is 0 Å². The number of fused-ring (bicyclic) bond motifs is 8.